The van der Waals surface area contributed by atoms with Gasteiger partial charge in [-0.15, -0.1) is 0 Å². The van der Waals surface area contributed by atoms with Crippen LogP contribution in [-0.2, 0) is 16.1 Å². The molecule has 0 aliphatic heterocycles. The number of hydrogen-bond acceptors (Lipinski definition) is 3. The van der Waals surface area contributed by atoms with Crippen molar-refractivity contribution in [2.45, 2.75) is 20.0 Å². The molecule has 1 aromatic carbocycles. The van der Waals surface area contributed by atoms with Crippen LogP contribution in [0.3, 0.4) is 0 Å². The van der Waals surface area contributed by atoms with Gasteiger partial charge in [-0.25, -0.2) is 0 Å². The minimum atomic E-state index is 0.581. The summed E-state index contributed by atoms with van der Waals surface area (Å²) in [7, 11) is 1.65. The molecule has 0 aliphatic rings. The lowest BCUT2D eigenvalue weighted by Gasteiger charge is -2.04. The van der Waals surface area contributed by atoms with E-state index >= 15 is 0 Å². The maximum atomic E-state index is 10.3. The number of benzene rings is 1. The summed E-state index contributed by atoms with van der Waals surface area (Å²) in [6.45, 7) is 2.99. The molecule has 0 spiro atoms. The van der Waals surface area contributed by atoms with Crippen LogP contribution in [0.2, 0.25) is 0 Å². The summed E-state index contributed by atoms with van der Waals surface area (Å²) in [5, 5.41) is 0. The van der Waals surface area contributed by atoms with Crippen LogP contribution >= 0.6 is 0 Å². The molecule has 92 valence electrons. The molecule has 0 amide bonds. The lowest BCUT2D eigenvalue weighted by molar-refractivity contribution is -0.104. The highest BCUT2D eigenvalue weighted by molar-refractivity contribution is 5.71. The molecule has 0 aromatic heterocycles. The number of aldehydes is 1. The summed E-state index contributed by atoms with van der Waals surface area (Å²) in [4.78, 5) is 10.3. The van der Waals surface area contributed by atoms with Gasteiger partial charge in [0.15, 0.2) is 0 Å². The lowest BCUT2D eigenvalue weighted by atomic mass is 10.2. The van der Waals surface area contributed by atoms with Crippen molar-refractivity contribution in [3.05, 3.63) is 41.5 Å². The topological polar surface area (TPSA) is 35.5 Å². The minimum Gasteiger partial charge on any atom is -0.497 e. The molecule has 0 N–H and O–H groups in total. The normalized spacial score (nSPS) is 11.3. The molecule has 1 rings (SSSR count). The third-order valence-corrected chi connectivity index (χ3v) is 2.34. The van der Waals surface area contributed by atoms with Crippen molar-refractivity contribution < 1.29 is 14.3 Å². The van der Waals surface area contributed by atoms with Crippen LogP contribution in [0.4, 0.5) is 0 Å². The Morgan fingerprint density at radius 1 is 1.29 bits per heavy atom. The molecule has 0 heterocycles. The summed E-state index contributed by atoms with van der Waals surface area (Å²) in [5.41, 5.74) is 1.86. The van der Waals surface area contributed by atoms with Gasteiger partial charge >= 0.3 is 0 Å². The number of carbonyl (C=O) groups is 1. The summed E-state index contributed by atoms with van der Waals surface area (Å²) >= 11 is 0. The van der Waals surface area contributed by atoms with Gasteiger partial charge in [-0.2, -0.15) is 0 Å². The number of carbonyl (C=O) groups excluding carboxylic acids is 1. The largest absolute Gasteiger partial charge is 0.497 e. The van der Waals surface area contributed by atoms with Crippen LogP contribution in [0, 0.1) is 0 Å². The molecule has 3 heteroatoms. The van der Waals surface area contributed by atoms with Crippen molar-refractivity contribution in [2.24, 2.45) is 0 Å². The Morgan fingerprint density at radius 2 is 2.00 bits per heavy atom. The Morgan fingerprint density at radius 3 is 2.59 bits per heavy atom. The van der Waals surface area contributed by atoms with Crippen molar-refractivity contribution in [3.63, 3.8) is 0 Å². The standard InChI is InChI=1S/C14H18O3/c1-12(10-15)4-3-9-17-11-13-5-7-14(16-2)8-6-13/h4-8,10H,3,9,11H2,1-2H3/b12-4+. The maximum Gasteiger partial charge on any atom is 0.145 e. The SMILES string of the molecule is COc1ccc(COCC/C=C(\C)C=O)cc1. The average Bonchev–Trinajstić information content (AvgIpc) is 2.38. The fraction of sp³-hybridized carbons (Fsp3) is 0.357. The molecular formula is C14H18O3. The highest BCUT2D eigenvalue weighted by Crippen LogP contribution is 2.11. The Hall–Kier alpha value is -1.61. The van der Waals surface area contributed by atoms with Gasteiger partial charge in [0.05, 0.1) is 20.3 Å². The predicted molar refractivity (Wildman–Crippen MR) is 67.1 cm³/mol. The van der Waals surface area contributed by atoms with Gasteiger partial charge in [0.2, 0.25) is 0 Å². The maximum absolute atomic E-state index is 10.3. The van der Waals surface area contributed by atoms with Gasteiger partial charge in [0.1, 0.15) is 12.0 Å². The average molecular weight is 234 g/mol. The Kier molecular flexibility index (Phi) is 6.04. The fourth-order valence-corrected chi connectivity index (χ4v) is 1.33. The second-order valence-corrected chi connectivity index (χ2v) is 3.76. The number of methoxy groups -OCH3 is 1. The molecule has 0 fully saturated rings. The molecular weight excluding hydrogens is 216 g/mol. The fourth-order valence-electron chi connectivity index (χ4n) is 1.33. The number of ether oxygens (including phenoxy) is 2. The molecule has 0 aliphatic carbocycles. The molecule has 0 atom stereocenters. The molecule has 3 nitrogen and oxygen atoms in total. The summed E-state index contributed by atoms with van der Waals surface area (Å²) in [6.07, 6.45) is 3.49. The third kappa shape index (κ3) is 5.31. The minimum absolute atomic E-state index is 0.581. The lowest BCUT2D eigenvalue weighted by Crippen LogP contribution is -1.95. The van der Waals surface area contributed by atoms with Crippen molar-refractivity contribution >= 4 is 6.29 Å². The van der Waals surface area contributed by atoms with Crippen LogP contribution in [0.25, 0.3) is 0 Å². The molecule has 0 saturated heterocycles. The van der Waals surface area contributed by atoms with E-state index in [0.717, 1.165) is 29.6 Å². The first-order valence-electron chi connectivity index (χ1n) is 5.59. The predicted octanol–water partition coefficient (Wildman–Crippen LogP) is 2.75. The van der Waals surface area contributed by atoms with Gasteiger partial charge in [-0.3, -0.25) is 4.79 Å². The van der Waals surface area contributed by atoms with Gasteiger partial charge in [-0.05, 0) is 36.6 Å². The van der Waals surface area contributed by atoms with Crippen LogP contribution in [0.5, 0.6) is 5.75 Å². The summed E-state index contributed by atoms with van der Waals surface area (Å²) in [5.74, 6) is 0.846. The van der Waals surface area contributed by atoms with Crippen molar-refractivity contribution in [1.29, 1.82) is 0 Å². The quantitative estimate of drug-likeness (QED) is 0.413. The second-order valence-electron chi connectivity index (χ2n) is 3.76. The highest BCUT2D eigenvalue weighted by Gasteiger charge is 1.94. The molecule has 0 bridgehead atoms. The number of rotatable bonds is 7. The van der Waals surface area contributed by atoms with E-state index in [1.54, 1.807) is 14.0 Å². The van der Waals surface area contributed by atoms with Crippen LogP contribution in [0.15, 0.2) is 35.9 Å². The van der Waals surface area contributed by atoms with Crippen LogP contribution in [0.1, 0.15) is 18.9 Å². The molecule has 1 aromatic rings. The third-order valence-electron chi connectivity index (χ3n) is 2.34. The van der Waals surface area contributed by atoms with E-state index in [1.807, 2.05) is 30.3 Å². The zero-order chi connectivity index (χ0) is 12.5. The zero-order valence-corrected chi connectivity index (χ0v) is 10.3. The highest BCUT2D eigenvalue weighted by atomic mass is 16.5. The van der Waals surface area contributed by atoms with Gasteiger partial charge in [0.25, 0.3) is 0 Å². The zero-order valence-electron chi connectivity index (χ0n) is 10.3. The summed E-state index contributed by atoms with van der Waals surface area (Å²) in [6, 6.07) is 7.78. The van der Waals surface area contributed by atoms with E-state index in [9.17, 15) is 4.79 Å². The molecule has 17 heavy (non-hydrogen) atoms. The van der Waals surface area contributed by atoms with Crippen molar-refractivity contribution in [3.8, 4) is 5.75 Å². The van der Waals surface area contributed by atoms with E-state index < -0.39 is 0 Å². The van der Waals surface area contributed by atoms with Gasteiger partial charge in [0, 0.05) is 0 Å². The number of hydrogen-bond donors (Lipinski definition) is 0. The smallest absolute Gasteiger partial charge is 0.145 e. The van der Waals surface area contributed by atoms with E-state index in [0.29, 0.717) is 13.2 Å². The van der Waals surface area contributed by atoms with Gasteiger partial charge in [-0.1, -0.05) is 18.2 Å². The first-order valence-corrected chi connectivity index (χ1v) is 5.59. The molecule has 0 radical (unpaired) electrons. The van der Waals surface area contributed by atoms with E-state index in [1.165, 1.54) is 0 Å². The van der Waals surface area contributed by atoms with Crippen molar-refractivity contribution in [1.82, 2.24) is 0 Å². The van der Waals surface area contributed by atoms with E-state index in [-0.39, 0.29) is 0 Å². The van der Waals surface area contributed by atoms with E-state index in [2.05, 4.69) is 0 Å². The molecule has 0 saturated carbocycles. The Labute approximate surface area is 102 Å². The second kappa shape index (κ2) is 7.63. The Bertz CT molecular complexity index is 366. The van der Waals surface area contributed by atoms with Crippen LogP contribution < -0.4 is 4.74 Å². The molecule has 0 unspecified atom stereocenters. The van der Waals surface area contributed by atoms with Crippen LogP contribution in [-0.4, -0.2) is 20.0 Å². The Balaban J connectivity index is 2.24. The van der Waals surface area contributed by atoms with E-state index in [4.69, 9.17) is 9.47 Å². The first kappa shape index (κ1) is 13.5. The monoisotopic (exact) mass is 234 g/mol. The van der Waals surface area contributed by atoms with Gasteiger partial charge < -0.3 is 9.47 Å². The van der Waals surface area contributed by atoms with Crippen molar-refractivity contribution in [2.75, 3.05) is 13.7 Å². The summed E-state index contributed by atoms with van der Waals surface area (Å²) < 4.78 is 10.6. The number of allylic oxidation sites excluding steroid dienone is 1. The first-order chi connectivity index (χ1) is 8.26.